The number of nitrogens with one attached hydrogen (secondary N) is 1. The number of benzene rings is 1. The van der Waals surface area contributed by atoms with Gasteiger partial charge in [-0.2, -0.15) is 13.2 Å². The summed E-state index contributed by atoms with van der Waals surface area (Å²) in [7, 11) is 1.26. The van der Waals surface area contributed by atoms with Gasteiger partial charge in [0.25, 0.3) is 0 Å². The highest BCUT2D eigenvalue weighted by molar-refractivity contribution is 9.10. The van der Waals surface area contributed by atoms with Gasteiger partial charge in [-0.1, -0.05) is 22.9 Å². The quantitative estimate of drug-likeness (QED) is 0.850. The molecule has 19 heavy (non-hydrogen) atoms. The molecule has 3 nitrogen and oxygen atoms in total. The van der Waals surface area contributed by atoms with Crippen molar-refractivity contribution in [1.29, 1.82) is 0 Å². The lowest BCUT2D eigenvalue weighted by Crippen LogP contribution is -2.21. The Kier molecular flexibility index (Phi) is 5.22. The van der Waals surface area contributed by atoms with Crippen LogP contribution in [0.2, 0.25) is 0 Å². The van der Waals surface area contributed by atoms with Gasteiger partial charge in [0.15, 0.2) is 0 Å². The molecule has 0 aromatic heterocycles. The van der Waals surface area contributed by atoms with Crippen LogP contribution < -0.4 is 5.32 Å². The molecule has 1 N–H and O–H groups in total. The first-order valence-corrected chi connectivity index (χ1v) is 6.23. The average molecular weight is 340 g/mol. The molecule has 0 spiro atoms. The number of carbonyl (C=O) groups is 1. The summed E-state index contributed by atoms with van der Waals surface area (Å²) in [6.07, 6.45) is -4.43. The number of anilines is 1. The lowest BCUT2D eigenvalue weighted by Gasteiger charge is -2.14. The Labute approximate surface area is 117 Å². The van der Waals surface area contributed by atoms with E-state index in [0.29, 0.717) is 5.69 Å². The molecule has 0 amide bonds. The highest BCUT2D eigenvalue weighted by Crippen LogP contribution is 2.36. The van der Waals surface area contributed by atoms with Crippen molar-refractivity contribution < 1.29 is 22.7 Å². The molecule has 7 heteroatoms. The second kappa shape index (κ2) is 6.27. The van der Waals surface area contributed by atoms with Crippen LogP contribution in [0.3, 0.4) is 0 Å². The first-order valence-electron chi connectivity index (χ1n) is 5.44. The highest BCUT2D eigenvalue weighted by Gasteiger charge is 2.33. The Balaban J connectivity index is 2.78. The molecule has 0 bridgehead atoms. The van der Waals surface area contributed by atoms with Crippen molar-refractivity contribution in [1.82, 2.24) is 0 Å². The van der Waals surface area contributed by atoms with E-state index in [1.807, 2.05) is 0 Å². The molecule has 0 aliphatic rings. The summed E-state index contributed by atoms with van der Waals surface area (Å²) in [6, 6.07) is 3.81. The van der Waals surface area contributed by atoms with Crippen molar-refractivity contribution in [2.75, 3.05) is 19.0 Å². The fraction of sp³-hybridized carbons (Fsp3) is 0.417. The summed E-state index contributed by atoms with van der Waals surface area (Å²) in [5.41, 5.74) is -0.463. The number of rotatable bonds is 4. The molecule has 0 saturated heterocycles. The van der Waals surface area contributed by atoms with E-state index in [4.69, 9.17) is 0 Å². The Morgan fingerprint density at radius 1 is 1.47 bits per heavy atom. The maximum Gasteiger partial charge on any atom is 0.417 e. The molecule has 0 saturated carbocycles. The molecule has 0 radical (unpaired) electrons. The number of alkyl halides is 3. The number of halogens is 4. The summed E-state index contributed by atoms with van der Waals surface area (Å²) in [5, 5.41) is 2.78. The normalized spacial score (nSPS) is 12.9. The van der Waals surface area contributed by atoms with Gasteiger partial charge in [0.05, 0.1) is 18.6 Å². The average Bonchev–Trinajstić information content (AvgIpc) is 2.35. The van der Waals surface area contributed by atoms with Crippen LogP contribution in [0.1, 0.15) is 12.5 Å². The third-order valence-corrected chi connectivity index (χ3v) is 3.18. The van der Waals surface area contributed by atoms with E-state index in [1.54, 1.807) is 6.92 Å². The second-order valence-electron chi connectivity index (χ2n) is 4.00. The Morgan fingerprint density at radius 3 is 2.63 bits per heavy atom. The van der Waals surface area contributed by atoms with Crippen molar-refractivity contribution in [3.8, 4) is 0 Å². The summed E-state index contributed by atoms with van der Waals surface area (Å²) in [5.74, 6) is -0.858. The van der Waals surface area contributed by atoms with Gasteiger partial charge < -0.3 is 10.1 Å². The van der Waals surface area contributed by atoms with Gasteiger partial charge in [-0.05, 0) is 18.2 Å². The van der Waals surface area contributed by atoms with E-state index in [1.165, 1.54) is 19.2 Å². The molecule has 106 valence electrons. The smallest absolute Gasteiger partial charge is 0.417 e. The summed E-state index contributed by atoms with van der Waals surface area (Å²) in [4.78, 5) is 11.2. The Hall–Kier alpha value is -1.24. The summed E-state index contributed by atoms with van der Waals surface area (Å²) < 4.78 is 42.5. The lowest BCUT2D eigenvalue weighted by molar-refractivity contribution is -0.144. The number of ether oxygens (including phenoxy) is 1. The standard InChI is InChI=1S/C12H13BrF3NO2/c1-7(11(18)19-2)6-17-8-3-4-10(13)9(5-8)12(14,15)16/h3-5,7,17H,6H2,1-2H3. The maximum atomic E-state index is 12.7. The van der Waals surface area contributed by atoms with E-state index in [-0.39, 0.29) is 11.0 Å². The Morgan fingerprint density at radius 2 is 2.11 bits per heavy atom. The SMILES string of the molecule is COC(=O)C(C)CNc1ccc(Br)c(C(F)(F)F)c1. The fourth-order valence-corrected chi connectivity index (χ4v) is 1.88. The van der Waals surface area contributed by atoms with Gasteiger partial charge in [-0.15, -0.1) is 0 Å². The predicted molar refractivity (Wildman–Crippen MR) is 68.8 cm³/mol. The van der Waals surface area contributed by atoms with Gasteiger partial charge in [0, 0.05) is 16.7 Å². The van der Waals surface area contributed by atoms with E-state index < -0.39 is 23.6 Å². The number of methoxy groups -OCH3 is 1. The zero-order valence-electron chi connectivity index (χ0n) is 10.3. The van der Waals surface area contributed by atoms with Crippen molar-refractivity contribution in [3.63, 3.8) is 0 Å². The van der Waals surface area contributed by atoms with Crippen molar-refractivity contribution in [2.24, 2.45) is 5.92 Å². The van der Waals surface area contributed by atoms with E-state index in [2.05, 4.69) is 26.0 Å². The molecule has 0 heterocycles. The van der Waals surface area contributed by atoms with Crippen LogP contribution in [0.15, 0.2) is 22.7 Å². The first kappa shape index (κ1) is 15.8. The molecule has 1 rings (SSSR count). The van der Waals surface area contributed by atoms with E-state index in [9.17, 15) is 18.0 Å². The monoisotopic (exact) mass is 339 g/mol. The maximum absolute atomic E-state index is 12.7. The summed E-state index contributed by atoms with van der Waals surface area (Å²) >= 11 is 2.86. The largest absolute Gasteiger partial charge is 0.469 e. The van der Waals surface area contributed by atoms with Gasteiger partial charge in [-0.3, -0.25) is 4.79 Å². The number of hydrogen-bond donors (Lipinski definition) is 1. The minimum atomic E-state index is -4.43. The second-order valence-corrected chi connectivity index (χ2v) is 4.85. The van der Waals surface area contributed by atoms with Crippen LogP contribution >= 0.6 is 15.9 Å². The number of carbonyl (C=O) groups excluding carboxylic acids is 1. The topological polar surface area (TPSA) is 38.3 Å². The van der Waals surface area contributed by atoms with Crippen LogP contribution in [0, 0.1) is 5.92 Å². The van der Waals surface area contributed by atoms with Gasteiger partial charge in [0.1, 0.15) is 0 Å². The molecule has 1 atom stereocenters. The molecular weight excluding hydrogens is 327 g/mol. The lowest BCUT2D eigenvalue weighted by atomic mass is 10.1. The number of hydrogen-bond acceptors (Lipinski definition) is 3. The van der Waals surface area contributed by atoms with Gasteiger partial charge >= 0.3 is 12.1 Å². The predicted octanol–water partition coefficient (Wildman–Crippen LogP) is 3.69. The highest BCUT2D eigenvalue weighted by atomic mass is 79.9. The van der Waals surface area contributed by atoms with Crippen LogP contribution in [-0.2, 0) is 15.7 Å². The van der Waals surface area contributed by atoms with Crippen LogP contribution in [0.5, 0.6) is 0 Å². The minimum Gasteiger partial charge on any atom is -0.469 e. The number of esters is 1. The zero-order chi connectivity index (χ0) is 14.6. The van der Waals surface area contributed by atoms with Gasteiger partial charge in [-0.25, -0.2) is 0 Å². The molecule has 1 unspecified atom stereocenters. The van der Waals surface area contributed by atoms with Crippen molar-refractivity contribution >= 4 is 27.6 Å². The first-order chi connectivity index (χ1) is 8.75. The fourth-order valence-electron chi connectivity index (χ4n) is 1.41. The summed E-state index contributed by atoms with van der Waals surface area (Å²) in [6.45, 7) is 1.83. The van der Waals surface area contributed by atoms with Crippen LogP contribution in [0.25, 0.3) is 0 Å². The molecule has 1 aromatic carbocycles. The molecule has 0 fully saturated rings. The zero-order valence-corrected chi connectivity index (χ0v) is 11.9. The third-order valence-electron chi connectivity index (χ3n) is 2.49. The van der Waals surface area contributed by atoms with Gasteiger partial charge in [0.2, 0.25) is 0 Å². The third kappa shape index (κ3) is 4.41. The van der Waals surface area contributed by atoms with Crippen molar-refractivity contribution in [3.05, 3.63) is 28.2 Å². The van der Waals surface area contributed by atoms with E-state index >= 15 is 0 Å². The van der Waals surface area contributed by atoms with E-state index in [0.717, 1.165) is 6.07 Å². The molecule has 1 aromatic rings. The van der Waals surface area contributed by atoms with Crippen LogP contribution in [-0.4, -0.2) is 19.6 Å². The molecule has 0 aliphatic heterocycles. The minimum absolute atomic E-state index is 0.0217. The molecular formula is C12H13BrF3NO2. The van der Waals surface area contributed by atoms with Crippen molar-refractivity contribution in [2.45, 2.75) is 13.1 Å². The molecule has 0 aliphatic carbocycles. The Bertz CT molecular complexity index is 463. The van der Waals surface area contributed by atoms with Crippen LogP contribution in [0.4, 0.5) is 18.9 Å².